The van der Waals surface area contributed by atoms with Crippen molar-refractivity contribution in [2.24, 2.45) is 11.3 Å². The molecule has 5 heteroatoms. The van der Waals surface area contributed by atoms with Gasteiger partial charge in [0.15, 0.2) is 0 Å². The second-order valence-electron chi connectivity index (χ2n) is 11.2. The van der Waals surface area contributed by atoms with Crippen molar-refractivity contribution in [3.63, 3.8) is 0 Å². The van der Waals surface area contributed by atoms with Gasteiger partial charge in [-0.1, -0.05) is 80.0 Å². The summed E-state index contributed by atoms with van der Waals surface area (Å²) in [5, 5.41) is 3.25. The molecule has 2 aromatic carbocycles. The van der Waals surface area contributed by atoms with Gasteiger partial charge < -0.3 is 4.90 Å². The first-order valence-corrected chi connectivity index (χ1v) is 14.1. The van der Waals surface area contributed by atoms with E-state index in [1.54, 1.807) is 6.08 Å². The van der Waals surface area contributed by atoms with Crippen molar-refractivity contribution in [1.29, 1.82) is 0 Å². The number of benzene rings is 2. The minimum atomic E-state index is 0.341. The van der Waals surface area contributed by atoms with Crippen LogP contribution in [0.4, 0.5) is 0 Å². The molecule has 4 rings (SSSR count). The number of nitrogens with zero attached hydrogens (tertiary/aromatic N) is 2. The van der Waals surface area contributed by atoms with Crippen LogP contribution in [0.3, 0.4) is 0 Å². The molecule has 0 radical (unpaired) electrons. The van der Waals surface area contributed by atoms with E-state index >= 15 is 0 Å². The Labute approximate surface area is 233 Å². The summed E-state index contributed by atoms with van der Waals surface area (Å²) in [4.78, 5) is 15.8. The molecule has 2 aromatic rings. The third-order valence-electron chi connectivity index (χ3n) is 8.00. The summed E-state index contributed by atoms with van der Waals surface area (Å²) in [5.41, 5.74) is 2.33. The lowest BCUT2D eigenvalue weighted by Gasteiger charge is -2.48. The smallest absolute Gasteiger partial charge is 0.149 e. The molecule has 0 spiro atoms. The number of hydrogen-bond donors (Lipinski definition) is 0. The molecule has 0 aliphatic carbocycles. The summed E-state index contributed by atoms with van der Waals surface area (Å²) in [7, 11) is 2.24. The van der Waals surface area contributed by atoms with Gasteiger partial charge >= 0.3 is 0 Å². The monoisotopic (exact) mass is 540 g/mol. The lowest BCUT2D eigenvalue weighted by Crippen LogP contribution is -2.52. The molecule has 0 saturated carbocycles. The third-order valence-corrected chi connectivity index (χ3v) is 8.74. The molecule has 0 N–H and O–H groups in total. The molecule has 0 aromatic heterocycles. The van der Waals surface area contributed by atoms with Crippen LogP contribution in [0.25, 0.3) is 12.7 Å². The summed E-state index contributed by atoms with van der Waals surface area (Å²) in [5.74, 6) is 0.706. The highest BCUT2D eigenvalue weighted by atomic mass is 35.5. The molecule has 2 aliphatic rings. The van der Waals surface area contributed by atoms with Gasteiger partial charge in [0.25, 0.3) is 0 Å². The second kappa shape index (κ2) is 13.8. The van der Waals surface area contributed by atoms with Crippen molar-refractivity contribution >= 4 is 42.1 Å². The minimum Gasteiger partial charge on any atom is -0.306 e. The van der Waals surface area contributed by atoms with Gasteiger partial charge in [-0.15, -0.1) is 0 Å². The molecule has 1 unspecified atom stereocenters. The van der Waals surface area contributed by atoms with E-state index in [1.807, 2.05) is 49.4 Å². The number of piperidine rings is 2. The highest BCUT2D eigenvalue weighted by molar-refractivity contribution is 6.42. The van der Waals surface area contributed by atoms with Crippen LogP contribution in [-0.4, -0.2) is 55.4 Å². The lowest BCUT2D eigenvalue weighted by atomic mass is 9.70. The van der Waals surface area contributed by atoms with Crippen LogP contribution in [0.1, 0.15) is 45.6 Å². The number of carbonyl (C=O) groups excluding carboxylic acids is 1. The number of allylic oxidation sites excluding steroid dienone is 2. The summed E-state index contributed by atoms with van der Waals surface area (Å²) in [6, 6.07) is 14.6. The van der Waals surface area contributed by atoms with E-state index in [9.17, 15) is 4.79 Å². The number of halogens is 2. The zero-order chi connectivity index (χ0) is 27.0. The van der Waals surface area contributed by atoms with Crippen molar-refractivity contribution in [2.45, 2.75) is 52.5 Å². The van der Waals surface area contributed by atoms with Crippen LogP contribution >= 0.6 is 23.2 Å². The van der Waals surface area contributed by atoms with Crippen LogP contribution in [0.2, 0.25) is 10.0 Å². The SMILES string of the molecule is C=c1cccc/c1=C/C(C=O)=C\C.CN1CCC(N2CCC(Cc3ccc(Cl)c(Cl)c3)C(C)(C)C2)CC1. The van der Waals surface area contributed by atoms with Crippen LogP contribution < -0.4 is 10.4 Å². The van der Waals surface area contributed by atoms with E-state index in [1.165, 1.54) is 51.0 Å². The number of likely N-dealkylation sites (tertiary alicyclic amines) is 2. The molecule has 2 fully saturated rings. The molecule has 37 heavy (non-hydrogen) atoms. The van der Waals surface area contributed by atoms with E-state index in [0.717, 1.165) is 29.2 Å². The summed E-state index contributed by atoms with van der Waals surface area (Å²) in [6.07, 6.45) is 9.47. The molecular formula is C32H42Cl2N2O. The average molecular weight is 542 g/mol. The Balaban J connectivity index is 0.000000248. The number of rotatable bonds is 5. The van der Waals surface area contributed by atoms with Crippen molar-refractivity contribution in [1.82, 2.24) is 9.80 Å². The Morgan fingerprint density at radius 1 is 1.05 bits per heavy atom. The first-order valence-electron chi connectivity index (χ1n) is 13.4. The molecule has 2 aliphatic heterocycles. The Morgan fingerprint density at radius 2 is 1.76 bits per heavy atom. The van der Waals surface area contributed by atoms with Gasteiger partial charge in [0, 0.05) is 18.2 Å². The Morgan fingerprint density at radius 3 is 2.35 bits per heavy atom. The Bertz CT molecular complexity index is 1180. The fourth-order valence-corrected chi connectivity index (χ4v) is 5.81. The number of hydrogen-bond acceptors (Lipinski definition) is 3. The van der Waals surface area contributed by atoms with Crippen molar-refractivity contribution < 1.29 is 4.79 Å². The number of aldehydes is 1. The molecular weight excluding hydrogens is 499 g/mol. The molecule has 3 nitrogen and oxygen atoms in total. The highest BCUT2D eigenvalue weighted by Crippen LogP contribution is 2.39. The summed E-state index contributed by atoms with van der Waals surface area (Å²) in [6.45, 7) is 15.5. The molecule has 0 amide bonds. The molecule has 1 atom stereocenters. The minimum absolute atomic E-state index is 0.341. The van der Waals surface area contributed by atoms with Gasteiger partial charge in [0.05, 0.1) is 10.0 Å². The summed E-state index contributed by atoms with van der Waals surface area (Å²) >= 11 is 12.2. The highest BCUT2D eigenvalue weighted by Gasteiger charge is 2.38. The molecule has 2 saturated heterocycles. The van der Waals surface area contributed by atoms with Crippen LogP contribution in [0, 0.1) is 11.3 Å². The summed E-state index contributed by atoms with van der Waals surface area (Å²) < 4.78 is 0. The lowest BCUT2D eigenvalue weighted by molar-refractivity contribution is -0.104. The van der Waals surface area contributed by atoms with E-state index in [-0.39, 0.29) is 0 Å². The zero-order valence-corrected chi connectivity index (χ0v) is 24.4. The third kappa shape index (κ3) is 8.55. The van der Waals surface area contributed by atoms with Gasteiger partial charge in [0.1, 0.15) is 6.29 Å². The maximum Gasteiger partial charge on any atom is 0.149 e. The van der Waals surface area contributed by atoms with Crippen LogP contribution in [-0.2, 0) is 11.2 Å². The maximum absolute atomic E-state index is 10.5. The largest absolute Gasteiger partial charge is 0.306 e. The second-order valence-corrected chi connectivity index (χ2v) is 12.0. The van der Waals surface area contributed by atoms with Crippen molar-refractivity contribution in [3.8, 4) is 0 Å². The van der Waals surface area contributed by atoms with Gasteiger partial charge in [-0.3, -0.25) is 9.69 Å². The van der Waals surface area contributed by atoms with Crippen molar-refractivity contribution in [3.05, 3.63) is 80.2 Å². The maximum atomic E-state index is 10.5. The van der Waals surface area contributed by atoms with Crippen molar-refractivity contribution in [2.75, 3.05) is 33.2 Å². The Hall–Kier alpha value is -1.91. The average Bonchev–Trinajstić information content (AvgIpc) is 2.87. The van der Waals surface area contributed by atoms with Crippen LogP contribution in [0.15, 0.2) is 54.1 Å². The fraction of sp³-hybridized carbons (Fsp3) is 0.469. The van der Waals surface area contributed by atoms with Gasteiger partial charge in [-0.2, -0.15) is 0 Å². The van der Waals surface area contributed by atoms with E-state index in [4.69, 9.17) is 23.2 Å². The van der Waals surface area contributed by atoms with Gasteiger partial charge in [-0.25, -0.2) is 0 Å². The van der Waals surface area contributed by atoms with Gasteiger partial charge in [-0.05, 0) is 105 Å². The zero-order valence-electron chi connectivity index (χ0n) is 22.9. The normalized spacial score (nSPS) is 21.8. The Kier molecular flexibility index (Phi) is 11.0. The van der Waals surface area contributed by atoms with Crippen LogP contribution in [0.5, 0.6) is 0 Å². The standard InChI is InChI=1S/C20H30Cl2N2.C12H12O/c1-20(2)14-24(17-7-9-23(3)10-8-17)11-6-16(20)12-15-4-5-18(21)19(22)13-15;1-3-11(9-13)8-12-7-5-4-6-10(12)2/h4-5,13,16-17H,6-12,14H2,1-3H3;3-9H,2H2,1H3/b;11-3+,12-8-. The van der Waals surface area contributed by atoms with E-state index in [2.05, 4.69) is 43.3 Å². The first-order chi connectivity index (χ1) is 17.6. The van der Waals surface area contributed by atoms with Gasteiger partial charge in [0.2, 0.25) is 0 Å². The topological polar surface area (TPSA) is 23.6 Å². The van der Waals surface area contributed by atoms with E-state index < -0.39 is 0 Å². The quantitative estimate of drug-likeness (QED) is 0.343. The predicted octanol–water partition coefficient (Wildman–Crippen LogP) is 6.00. The molecule has 0 bridgehead atoms. The number of carbonyl (C=O) groups is 1. The first kappa shape index (κ1) is 29.6. The van der Waals surface area contributed by atoms with E-state index in [0.29, 0.717) is 27.0 Å². The fourth-order valence-electron chi connectivity index (χ4n) is 5.49. The predicted molar refractivity (Wildman–Crippen MR) is 160 cm³/mol. The molecule has 200 valence electrons. The molecule has 2 heterocycles.